The zero-order valence-corrected chi connectivity index (χ0v) is 11.0. The van der Waals surface area contributed by atoms with Crippen molar-refractivity contribution in [1.82, 2.24) is 0 Å². The molecule has 0 aliphatic carbocycles. The SMILES string of the molecule is CCC1(C)CCc2cc(OC)c(OC)cc2O1. The van der Waals surface area contributed by atoms with Crippen LogP contribution in [0, 0.1) is 0 Å². The number of fused-ring (bicyclic) bond motifs is 1. The van der Waals surface area contributed by atoms with Crippen LogP contribution in [0.2, 0.25) is 0 Å². The zero-order chi connectivity index (χ0) is 12.5. The Labute approximate surface area is 103 Å². The van der Waals surface area contributed by atoms with Crippen molar-refractivity contribution in [2.45, 2.75) is 38.7 Å². The fraction of sp³-hybridized carbons (Fsp3) is 0.571. The number of benzene rings is 1. The maximum absolute atomic E-state index is 6.08. The molecule has 2 rings (SSSR count). The first-order chi connectivity index (χ1) is 8.11. The Bertz CT molecular complexity index is 414. The minimum absolute atomic E-state index is 0.0490. The summed E-state index contributed by atoms with van der Waals surface area (Å²) in [5.74, 6) is 2.43. The number of hydrogen-bond donors (Lipinski definition) is 0. The second-order valence-corrected chi connectivity index (χ2v) is 4.72. The van der Waals surface area contributed by atoms with Crippen LogP contribution >= 0.6 is 0 Å². The van der Waals surface area contributed by atoms with E-state index in [-0.39, 0.29) is 5.60 Å². The average molecular weight is 236 g/mol. The van der Waals surface area contributed by atoms with Crippen molar-refractivity contribution in [3.63, 3.8) is 0 Å². The van der Waals surface area contributed by atoms with Crippen LogP contribution in [0.5, 0.6) is 17.2 Å². The highest BCUT2D eigenvalue weighted by atomic mass is 16.5. The molecule has 0 saturated heterocycles. The van der Waals surface area contributed by atoms with E-state index < -0.39 is 0 Å². The molecule has 0 radical (unpaired) electrons. The molecule has 1 aliphatic heterocycles. The van der Waals surface area contributed by atoms with Gasteiger partial charge in [0.2, 0.25) is 0 Å². The highest BCUT2D eigenvalue weighted by molar-refractivity contribution is 5.51. The van der Waals surface area contributed by atoms with Gasteiger partial charge >= 0.3 is 0 Å². The summed E-state index contributed by atoms with van der Waals surface area (Å²) in [5.41, 5.74) is 1.15. The molecule has 3 nitrogen and oxygen atoms in total. The Hall–Kier alpha value is -1.38. The van der Waals surface area contributed by atoms with E-state index in [1.54, 1.807) is 14.2 Å². The minimum atomic E-state index is -0.0490. The molecule has 0 spiro atoms. The van der Waals surface area contributed by atoms with E-state index >= 15 is 0 Å². The maximum Gasteiger partial charge on any atom is 0.164 e. The van der Waals surface area contributed by atoms with Gasteiger partial charge in [0.1, 0.15) is 11.4 Å². The Morgan fingerprint density at radius 2 is 1.88 bits per heavy atom. The van der Waals surface area contributed by atoms with E-state index in [0.717, 1.165) is 36.5 Å². The van der Waals surface area contributed by atoms with Crippen molar-refractivity contribution < 1.29 is 14.2 Å². The summed E-state index contributed by atoms with van der Waals surface area (Å²) in [4.78, 5) is 0. The van der Waals surface area contributed by atoms with Gasteiger partial charge in [0.05, 0.1) is 14.2 Å². The maximum atomic E-state index is 6.08. The lowest BCUT2D eigenvalue weighted by Gasteiger charge is -2.35. The van der Waals surface area contributed by atoms with Crippen molar-refractivity contribution in [2.75, 3.05) is 14.2 Å². The number of hydrogen-bond acceptors (Lipinski definition) is 3. The molecule has 1 unspecified atom stereocenters. The largest absolute Gasteiger partial charge is 0.493 e. The van der Waals surface area contributed by atoms with Crippen LogP contribution in [0.15, 0.2) is 12.1 Å². The van der Waals surface area contributed by atoms with Crippen molar-refractivity contribution in [3.05, 3.63) is 17.7 Å². The summed E-state index contributed by atoms with van der Waals surface area (Å²) >= 11 is 0. The summed E-state index contributed by atoms with van der Waals surface area (Å²) in [6.07, 6.45) is 3.09. The van der Waals surface area contributed by atoms with E-state index in [9.17, 15) is 0 Å². The Morgan fingerprint density at radius 3 is 2.47 bits per heavy atom. The highest BCUT2D eigenvalue weighted by Gasteiger charge is 2.30. The van der Waals surface area contributed by atoms with E-state index in [0.29, 0.717) is 0 Å². The molecule has 1 heterocycles. The Balaban J connectivity index is 2.38. The molecular formula is C14H20O3. The van der Waals surface area contributed by atoms with Crippen molar-refractivity contribution in [3.8, 4) is 17.2 Å². The van der Waals surface area contributed by atoms with Gasteiger partial charge in [-0.1, -0.05) is 6.92 Å². The van der Waals surface area contributed by atoms with Gasteiger partial charge in [0, 0.05) is 6.07 Å². The summed E-state index contributed by atoms with van der Waals surface area (Å²) in [5, 5.41) is 0. The number of aryl methyl sites for hydroxylation is 1. The van der Waals surface area contributed by atoms with Gasteiger partial charge in [-0.3, -0.25) is 0 Å². The lowest BCUT2D eigenvalue weighted by Crippen LogP contribution is -2.35. The van der Waals surface area contributed by atoms with Crippen LogP contribution in [-0.4, -0.2) is 19.8 Å². The molecule has 0 saturated carbocycles. The third kappa shape index (κ3) is 2.19. The number of ether oxygens (including phenoxy) is 3. The fourth-order valence-corrected chi connectivity index (χ4v) is 2.16. The Morgan fingerprint density at radius 1 is 1.24 bits per heavy atom. The summed E-state index contributed by atoms with van der Waals surface area (Å²) < 4.78 is 16.7. The van der Waals surface area contributed by atoms with Crippen LogP contribution in [0.1, 0.15) is 32.3 Å². The fourth-order valence-electron chi connectivity index (χ4n) is 2.16. The van der Waals surface area contributed by atoms with E-state index in [1.807, 2.05) is 12.1 Å². The van der Waals surface area contributed by atoms with Crippen LogP contribution in [0.25, 0.3) is 0 Å². The number of rotatable bonds is 3. The van der Waals surface area contributed by atoms with E-state index in [1.165, 1.54) is 5.56 Å². The van der Waals surface area contributed by atoms with E-state index in [2.05, 4.69) is 13.8 Å². The van der Waals surface area contributed by atoms with Crippen LogP contribution in [0.4, 0.5) is 0 Å². The quantitative estimate of drug-likeness (QED) is 0.806. The molecule has 0 aromatic heterocycles. The lowest BCUT2D eigenvalue weighted by molar-refractivity contribution is 0.0607. The molecule has 1 aromatic carbocycles. The summed E-state index contributed by atoms with van der Waals surface area (Å²) in [6.45, 7) is 4.32. The minimum Gasteiger partial charge on any atom is -0.493 e. The summed E-state index contributed by atoms with van der Waals surface area (Å²) in [6, 6.07) is 3.95. The predicted octanol–water partition coefficient (Wildman–Crippen LogP) is 3.20. The first-order valence-corrected chi connectivity index (χ1v) is 6.06. The molecule has 0 N–H and O–H groups in total. The molecule has 1 aromatic rings. The van der Waals surface area contributed by atoms with Crippen LogP contribution < -0.4 is 14.2 Å². The van der Waals surface area contributed by atoms with E-state index in [4.69, 9.17) is 14.2 Å². The first-order valence-electron chi connectivity index (χ1n) is 6.06. The van der Waals surface area contributed by atoms with Gasteiger partial charge < -0.3 is 14.2 Å². The molecular weight excluding hydrogens is 216 g/mol. The zero-order valence-electron chi connectivity index (χ0n) is 11.0. The van der Waals surface area contributed by atoms with Gasteiger partial charge in [-0.15, -0.1) is 0 Å². The molecule has 0 fully saturated rings. The average Bonchev–Trinajstić information content (AvgIpc) is 2.37. The van der Waals surface area contributed by atoms with Crippen LogP contribution in [-0.2, 0) is 6.42 Å². The van der Waals surface area contributed by atoms with Gasteiger partial charge in [-0.25, -0.2) is 0 Å². The van der Waals surface area contributed by atoms with Gasteiger partial charge in [-0.05, 0) is 37.8 Å². The first kappa shape index (κ1) is 12.1. The molecule has 0 bridgehead atoms. The predicted molar refractivity (Wildman–Crippen MR) is 67.2 cm³/mol. The lowest BCUT2D eigenvalue weighted by atomic mass is 9.90. The second kappa shape index (κ2) is 4.47. The molecule has 94 valence electrons. The van der Waals surface area contributed by atoms with Crippen molar-refractivity contribution in [1.29, 1.82) is 0 Å². The highest BCUT2D eigenvalue weighted by Crippen LogP contribution is 2.41. The van der Waals surface area contributed by atoms with Crippen molar-refractivity contribution in [2.24, 2.45) is 0 Å². The smallest absolute Gasteiger partial charge is 0.164 e. The third-order valence-corrected chi connectivity index (χ3v) is 3.59. The number of methoxy groups -OCH3 is 2. The van der Waals surface area contributed by atoms with Crippen LogP contribution in [0.3, 0.4) is 0 Å². The monoisotopic (exact) mass is 236 g/mol. The standard InChI is InChI=1S/C14H20O3/c1-5-14(2)7-6-10-8-12(15-3)13(16-4)9-11(10)17-14/h8-9H,5-7H2,1-4H3. The van der Waals surface area contributed by atoms with Gasteiger partial charge in [-0.2, -0.15) is 0 Å². The second-order valence-electron chi connectivity index (χ2n) is 4.72. The summed E-state index contributed by atoms with van der Waals surface area (Å²) in [7, 11) is 3.30. The van der Waals surface area contributed by atoms with Crippen molar-refractivity contribution >= 4 is 0 Å². The molecule has 0 amide bonds. The third-order valence-electron chi connectivity index (χ3n) is 3.59. The van der Waals surface area contributed by atoms with Gasteiger partial charge in [0.25, 0.3) is 0 Å². The van der Waals surface area contributed by atoms with Gasteiger partial charge in [0.15, 0.2) is 11.5 Å². The normalized spacial score (nSPS) is 22.6. The molecule has 1 aliphatic rings. The molecule has 3 heteroatoms. The Kier molecular flexibility index (Phi) is 3.18. The molecule has 1 atom stereocenters. The topological polar surface area (TPSA) is 27.7 Å². The molecule has 17 heavy (non-hydrogen) atoms.